The fourth-order valence-electron chi connectivity index (χ4n) is 1.40. The Morgan fingerprint density at radius 3 is 2.70 bits per heavy atom. The lowest BCUT2D eigenvalue weighted by atomic mass is 10.2. The number of rotatable bonds is 6. The van der Waals surface area contributed by atoms with Gasteiger partial charge in [0.15, 0.2) is 0 Å². The predicted octanol–water partition coefficient (Wildman–Crippen LogP) is 2.58. The Kier molecular flexibility index (Phi) is 6.27. The Balaban J connectivity index is 2.50. The SMILES string of the molecule is CC(C)OCCNC(=O)Nc1ccc(Cl)c(C(=O)O)c1. The number of carboxylic acid groups (broad SMARTS) is 1. The van der Waals surface area contributed by atoms with E-state index < -0.39 is 12.0 Å². The van der Waals surface area contributed by atoms with Gasteiger partial charge in [0.1, 0.15) is 0 Å². The molecule has 1 aromatic carbocycles. The molecular weight excluding hydrogens is 284 g/mol. The highest BCUT2D eigenvalue weighted by atomic mass is 35.5. The highest BCUT2D eigenvalue weighted by Gasteiger charge is 2.10. The summed E-state index contributed by atoms with van der Waals surface area (Å²) in [5.74, 6) is -1.15. The van der Waals surface area contributed by atoms with E-state index in [2.05, 4.69) is 10.6 Å². The zero-order valence-corrected chi connectivity index (χ0v) is 12.0. The van der Waals surface area contributed by atoms with Crippen LogP contribution in [0.4, 0.5) is 10.5 Å². The molecule has 0 aliphatic heterocycles. The number of halogens is 1. The molecule has 7 heteroatoms. The van der Waals surface area contributed by atoms with Crippen molar-refractivity contribution in [2.45, 2.75) is 20.0 Å². The van der Waals surface area contributed by atoms with Crippen LogP contribution in [0.1, 0.15) is 24.2 Å². The number of carboxylic acids is 1. The molecule has 2 amide bonds. The van der Waals surface area contributed by atoms with E-state index in [1.165, 1.54) is 18.2 Å². The minimum atomic E-state index is -1.15. The molecule has 110 valence electrons. The summed E-state index contributed by atoms with van der Waals surface area (Å²) < 4.78 is 5.27. The Bertz CT molecular complexity index is 491. The summed E-state index contributed by atoms with van der Waals surface area (Å²) in [6.45, 7) is 4.58. The fraction of sp³-hybridized carbons (Fsp3) is 0.385. The molecule has 3 N–H and O–H groups in total. The van der Waals surface area contributed by atoms with E-state index in [0.717, 1.165) is 0 Å². The average Bonchev–Trinajstić information content (AvgIpc) is 2.36. The van der Waals surface area contributed by atoms with Gasteiger partial charge in [-0.25, -0.2) is 9.59 Å². The van der Waals surface area contributed by atoms with Crippen LogP contribution in [-0.2, 0) is 4.74 Å². The summed E-state index contributed by atoms with van der Waals surface area (Å²) in [4.78, 5) is 22.5. The maximum Gasteiger partial charge on any atom is 0.337 e. The number of benzene rings is 1. The molecule has 0 radical (unpaired) electrons. The van der Waals surface area contributed by atoms with Crippen molar-refractivity contribution in [2.24, 2.45) is 0 Å². The number of aromatic carboxylic acids is 1. The van der Waals surface area contributed by atoms with Crippen molar-refractivity contribution >= 4 is 29.3 Å². The number of urea groups is 1. The standard InChI is InChI=1S/C13H17ClN2O4/c1-8(2)20-6-5-15-13(19)16-9-3-4-11(14)10(7-9)12(17)18/h3-4,7-8H,5-6H2,1-2H3,(H,17,18)(H2,15,16,19). The van der Waals surface area contributed by atoms with Gasteiger partial charge >= 0.3 is 12.0 Å². The highest BCUT2D eigenvalue weighted by molar-refractivity contribution is 6.33. The van der Waals surface area contributed by atoms with Gasteiger partial charge in [0.2, 0.25) is 0 Å². The second-order valence-corrected chi connectivity index (χ2v) is 4.71. The maximum absolute atomic E-state index is 11.6. The highest BCUT2D eigenvalue weighted by Crippen LogP contribution is 2.20. The normalized spacial score (nSPS) is 10.4. The number of hydrogen-bond donors (Lipinski definition) is 3. The Labute approximate surface area is 122 Å². The van der Waals surface area contributed by atoms with Crippen molar-refractivity contribution < 1.29 is 19.4 Å². The zero-order chi connectivity index (χ0) is 15.1. The van der Waals surface area contributed by atoms with Crippen molar-refractivity contribution in [2.75, 3.05) is 18.5 Å². The second-order valence-electron chi connectivity index (χ2n) is 4.30. The summed E-state index contributed by atoms with van der Waals surface area (Å²) in [6, 6.07) is 3.81. The number of amides is 2. The predicted molar refractivity (Wildman–Crippen MR) is 76.5 cm³/mol. The van der Waals surface area contributed by atoms with Gasteiger partial charge in [-0.3, -0.25) is 0 Å². The van der Waals surface area contributed by atoms with Crippen LogP contribution < -0.4 is 10.6 Å². The molecule has 0 spiro atoms. The van der Waals surface area contributed by atoms with Crippen LogP contribution in [-0.4, -0.2) is 36.4 Å². The van der Waals surface area contributed by atoms with E-state index in [4.69, 9.17) is 21.4 Å². The smallest absolute Gasteiger partial charge is 0.337 e. The van der Waals surface area contributed by atoms with Gasteiger partial charge in [0.25, 0.3) is 0 Å². The zero-order valence-electron chi connectivity index (χ0n) is 11.3. The molecule has 1 aromatic rings. The lowest BCUT2D eigenvalue weighted by Crippen LogP contribution is -2.32. The second kappa shape index (κ2) is 7.72. The van der Waals surface area contributed by atoms with Crippen LogP contribution in [0.5, 0.6) is 0 Å². The third kappa shape index (κ3) is 5.46. The Hall–Kier alpha value is -1.79. The molecule has 0 aliphatic rings. The van der Waals surface area contributed by atoms with E-state index in [9.17, 15) is 9.59 Å². The number of carbonyl (C=O) groups excluding carboxylic acids is 1. The van der Waals surface area contributed by atoms with E-state index in [1.54, 1.807) is 0 Å². The van der Waals surface area contributed by atoms with Crippen LogP contribution in [0.2, 0.25) is 5.02 Å². The molecule has 20 heavy (non-hydrogen) atoms. The van der Waals surface area contributed by atoms with Crippen LogP contribution in [0.3, 0.4) is 0 Å². The first-order valence-electron chi connectivity index (χ1n) is 6.09. The monoisotopic (exact) mass is 300 g/mol. The molecule has 0 bridgehead atoms. The van der Waals surface area contributed by atoms with E-state index in [0.29, 0.717) is 18.8 Å². The summed E-state index contributed by atoms with van der Waals surface area (Å²) in [5, 5.41) is 14.2. The third-order valence-corrected chi connectivity index (χ3v) is 2.62. The van der Waals surface area contributed by atoms with Gasteiger partial charge in [0, 0.05) is 12.2 Å². The van der Waals surface area contributed by atoms with Crippen LogP contribution >= 0.6 is 11.6 Å². The molecule has 1 rings (SSSR count). The van der Waals surface area contributed by atoms with Gasteiger partial charge in [-0.1, -0.05) is 11.6 Å². The number of ether oxygens (including phenoxy) is 1. The first kappa shape index (κ1) is 16.3. The molecule has 0 unspecified atom stereocenters. The van der Waals surface area contributed by atoms with Crippen molar-refractivity contribution in [3.8, 4) is 0 Å². The third-order valence-electron chi connectivity index (χ3n) is 2.29. The van der Waals surface area contributed by atoms with Gasteiger partial charge in [0.05, 0.1) is 23.3 Å². The molecule has 6 nitrogen and oxygen atoms in total. The topological polar surface area (TPSA) is 87.7 Å². The van der Waals surface area contributed by atoms with Crippen molar-refractivity contribution in [3.05, 3.63) is 28.8 Å². The average molecular weight is 301 g/mol. The maximum atomic E-state index is 11.6. The molecule has 0 aliphatic carbocycles. The molecular formula is C13H17ClN2O4. The largest absolute Gasteiger partial charge is 0.478 e. The Morgan fingerprint density at radius 1 is 1.40 bits per heavy atom. The van der Waals surface area contributed by atoms with Crippen molar-refractivity contribution in [3.63, 3.8) is 0 Å². The van der Waals surface area contributed by atoms with Gasteiger partial charge in [-0.05, 0) is 32.0 Å². The molecule has 0 saturated carbocycles. The van der Waals surface area contributed by atoms with E-state index >= 15 is 0 Å². The number of carbonyl (C=O) groups is 2. The minimum Gasteiger partial charge on any atom is -0.478 e. The minimum absolute atomic E-state index is 0.0624. The van der Waals surface area contributed by atoms with Gasteiger partial charge in [-0.2, -0.15) is 0 Å². The summed E-state index contributed by atoms with van der Waals surface area (Å²) in [5.41, 5.74) is 0.293. The van der Waals surface area contributed by atoms with Crippen LogP contribution in [0, 0.1) is 0 Å². The quantitative estimate of drug-likeness (QED) is 0.705. The van der Waals surface area contributed by atoms with Gasteiger partial charge in [-0.15, -0.1) is 0 Å². The van der Waals surface area contributed by atoms with Gasteiger partial charge < -0.3 is 20.5 Å². The summed E-state index contributed by atoms with van der Waals surface area (Å²) >= 11 is 5.73. The number of hydrogen-bond acceptors (Lipinski definition) is 3. The molecule has 0 aromatic heterocycles. The van der Waals surface area contributed by atoms with E-state index in [1.807, 2.05) is 13.8 Å². The Morgan fingerprint density at radius 2 is 2.10 bits per heavy atom. The molecule has 0 saturated heterocycles. The first-order chi connectivity index (χ1) is 9.40. The van der Waals surface area contributed by atoms with Crippen molar-refractivity contribution in [1.82, 2.24) is 5.32 Å². The van der Waals surface area contributed by atoms with Crippen molar-refractivity contribution in [1.29, 1.82) is 0 Å². The summed E-state index contributed by atoms with van der Waals surface area (Å²) in [7, 11) is 0. The lowest BCUT2D eigenvalue weighted by Gasteiger charge is -2.10. The van der Waals surface area contributed by atoms with Crippen LogP contribution in [0.15, 0.2) is 18.2 Å². The molecule has 0 heterocycles. The summed E-state index contributed by atoms with van der Waals surface area (Å²) in [6.07, 6.45) is 0.106. The lowest BCUT2D eigenvalue weighted by molar-refractivity contribution is 0.0697. The van der Waals surface area contributed by atoms with E-state index in [-0.39, 0.29) is 16.7 Å². The molecule has 0 atom stereocenters. The fourth-order valence-corrected chi connectivity index (χ4v) is 1.60. The van der Waals surface area contributed by atoms with Crippen LogP contribution in [0.25, 0.3) is 0 Å². The number of anilines is 1. The number of nitrogens with one attached hydrogen (secondary N) is 2. The first-order valence-corrected chi connectivity index (χ1v) is 6.47. The molecule has 0 fully saturated rings.